The third-order valence-corrected chi connectivity index (χ3v) is 5.95. The van der Waals surface area contributed by atoms with Gasteiger partial charge in [-0.1, -0.05) is 84.0 Å². The zero-order valence-corrected chi connectivity index (χ0v) is 23.3. The maximum atomic E-state index is 12.7. The Hall–Kier alpha value is -4.57. The number of rotatable bonds is 7. The first-order valence-electron chi connectivity index (χ1n) is 12.7. The second kappa shape index (κ2) is 12.3. The summed E-state index contributed by atoms with van der Waals surface area (Å²) < 4.78 is 11.7. The van der Waals surface area contributed by atoms with Gasteiger partial charge in [0.1, 0.15) is 29.9 Å². The molecule has 0 spiro atoms. The van der Waals surface area contributed by atoms with Gasteiger partial charge in [-0.15, -0.1) is 0 Å². The number of nitriles is 1. The van der Waals surface area contributed by atoms with E-state index in [0.29, 0.717) is 17.1 Å². The summed E-state index contributed by atoms with van der Waals surface area (Å²) in [4.78, 5) is 25.2. The molecule has 0 atom stereocenters. The van der Waals surface area contributed by atoms with Crippen molar-refractivity contribution in [2.75, 3.05) is 6.61 Å². The molecule has 3 amide bonds. The molecule has 39 heavy (non-hydrogen) atoms. The first-order chi connectivity index (χ1) is 18.4. The van der Waals surface area contributed by atoms with Crippen LogP contribution in [0.3, 0.4) is 0 Å². The van der Waals surface area contributed by atoms with Crippen LogP contribution >= 0.6 is 0 Å². The number of carbonyl (C=O) groups excluding carboxylic acids is 2. The Labute approximate surface area is 230 Å². The van der Waals surface area contributed by atoms with E-state index in [1.807, 2.05) is 42.5 Å². The van der Waals surface area contributed by atoms with Crippen molar-refractivity contribution in [1.82, 2.24) is 10.6 Å². The predicted molar refractivity (Wildman–Crippen MR) is 151 cm³/mol. The fraction of sp³-hybridized carbons (Fsp3) is 0.281. The minimum atomic E-state index is -0.815. The number of benzene rings is 3. The maximum absolute atomic E-state index is 12.7. The molecule has 7 heteroatoms. The molecular formula is C32H35N3O4. The van der Waals surface area contributed by atoms with Crippen LogP contribution in [0.1, 0.15) is 63.0 Å². The molecule has 0 unspecified atom stereocenters. The zero-order chi connectivity index (χ0) is 28.6. The number of ether oxygens (including phenoxy) is 2. The van der Waals surface area contributed by atoms with Gasteiger partial charge in [0.05, 0.1) is 0 Å². The summed E-state index contributed by atoms with van der Waals surface area (Å²) in [5, 5.41) is 14.7. The molecule has 3 aromatic rings. The lowest BCUT2D eigenvalue weighted by Gasteiger charge is -2.20. The molecule has 2 N–H and O–H groups in total. The Bertz CT molecular complexity index is 1360. The quantitative estimate of drug-likeness (QED) is 0.267. The van der Waals surface area contributed by atoms with Crippen molar-refractivity contribution in [3.63, 3.8) is 0 Å². The van der Waals surface area contributed by atoms with E-state index in [1.54, 1.807) is 42.5 Å². The average molecular weight is 526 g/mol. The molecular weight excluding hydrogens is 490 g/mol. The number of nitrogens with one attached hydrogen (secondary N) is 2. The number of amides is 3. The van der Waals surface area contributed by atoms with Crippen molar-refractivity contribution in [2.24, 2.45) is 0 Å². The van der Waals surface area contributed by atoms with Crippen LogP contribution in [-0.2, 0) is 10.8 Å². The number of hydrogen-bond donors (Lipinski definition) is 2. The van der Waals surface area contributed by atoms with E-state index in [2.05, 4.69) is 52.2 Å². The van der Waals surface area contributed by atoms with E-state index in [4.69, 9.17) is 9.47 Å². The monoisotopic (exact) mass is 525 g/mol. The van der Waals surface area contributed by atoms with Crippen LogP contribution in [0.4, 0.5) is 4.79 Å². The van der Waals surface area contributed by atoms with Gasteiger partial charge in [-0.05, 0) is 58.4 Å². The van der Waals surface area contributed by atoms with Crippen molar-refractivity contribution in [3.8, 4) is 17.6 Å². The summed E-state index contributed by atoms with van der Waals surface area (Å²) in [5.74, 6) is 0.236. The van der Waals surface area contributed by atoms with Crippen LogP contribution in [0.2, 0.25) is 0 Å². The number of urea groups is 1. The second-order valence-electron chi connectivity index (χ2n) is 11.1. The van der Waals surface area contributed by atoms with Crippen LogP contribution in [-0.4, -0.2) is 18.5 Å². The number of carbonyl (C=O) groups is 2. The van der Waals surface area contributed by atoms with Crippen molar-refractivity contribution in [3.05, 3.63) is 107 Å². The van der Waals surface area contributed by atoms with Crippen LogP contribution in [0.25, 0.3) is 0 Å². The minimum Gasteiger partial charge on any atom is -0.487 e. The third kappa shape index (κ3) is 8.47. The summed E-state index contributed by atoms with van der Waals surface area (Å²) >= 11 is 0. The lowest BCUT2D eigenvalue weighted by molar-refractivity contribution is 0.0964. The molecule has 7 nitrogen and oxygen atoms in total. The summed E-state index contributed by atoms with van der Waals surface area (Å²) in [5.41, 5.74) is 2.58. The maximum Gasteiger partial charge on any atom is 0.326 e. The molecule has 0 aliphatic carbocycles. The van der Waals surface area contributed by atoms with Crippen molar-refractivity contribution in [2.45, 2.75) is 52.4 Å². The summed E-state index contributed by atoms with van der Waals surface area (Å²) in [6, 6.07) is 24.5. The second-order valence-corrected chi connectivity index (χ2v) is 11.1. The predicted octanol–water partition coefficient (Wildman–Crippen LogP) is 6.61. The first kappa shape index (κ1) is 29.0. The lowest BCUT2D eigenvalue weighted by Crippen LogP contribution is -2.40. The van der Waals surface area contributed by atoms with Gasteiger partial charge in [0.15, 0.2) is 0 Å². The van der Waals surface area contributed by atoms with Crippen molar-refractivity contribution < 1.29 is 19.1 Å². The van der Waals surface area contributed by atoms with E-state index >= 15 is 0 Å². The van der Waals surface area contributed by atoms with E-state index < -0.39 is 11.9 Å². The molecule has 0 aromatic heterocycles. The van der Waals surface area contributed by atoms with E-state index in [1.165, 1.54) is 0 Å². The minimum absolute atomic E-state index is 0.0150. The van der Waals surface area contributed by atoms with Crippen LogP contribution in [0.5, 0.6) is 11.5 Å². The Morgan fingerprint density at radius 2 is 1.26 bits per heavy atom. The summed E-state index contributed by atoms with van der Waals surface area (Å²) in [6.45, 7) is 12.5. The fourth-order valence-electron chi connectivity index (χ4n) is 3.59. The molecule has 202 valence electrons. The largest absolute Gasteiger partial charge is 0.487 e. The smallest absolute Gasteiger partial charge is 0.326 e. The third-order valence-electron chi connectivity index (χ3n) is 5.95. The molecule has 0 aliphatic heterocycles. The van der Waals surface area contributed by atoms with Crippen LogP contribution in [0.15, 0.2) is 90.3 Å². The van der Waals surface area contributed by atoms with E-state index in [0.717, 1.165) is 11.1 Å². The molecule has 3 rings (SSSR count). The fourth-order valence-corrected chi connectivity index (χ4v) is 3.59. The van der Waals surface area contributed by atoms with Gasteiger partial charge in [-0.25, -0.2) is 4.79 Å². The van der Waals surface area contributed by atoms with E-state index in [9.17, 15) is 14.9 Å². The Balaban J connectivity index is 1.83. The van der Waals surface area contributed by atoms with Gasteiger partial charge in [-0.3, -0.25) is 10.1 Å². The molecule has 0 heterocycles. The molecule has 0 aliphatic rings. The first-order valence-corrected chi connectivity index (χ1v) is 12.7. The van der Waals surface area contributed by atoms with Crippen LogP contribution in [0, 0.1) is 11.3 Å². The molecule has 0 radical (unpaired) electrons. The molecule has 3 aromatic carbocycles. The average Bonchev–Trinajstić information content (AvgIpc) is 2.89. The Kier molecular flexibility index (Phi) is 9.16. The normalized spacial score (nSPS) is 12.0. The van der Waals surface area contributed by atoms with Gasteiger partial charge < -0.3 is 14.8 Å². The highest BCUT2D eigenvalue weighted by molar-refractivity contribution is 6.04. The van der Waals surface area contributed by atoms with E-state index in [-0.39, 0.29) is 28.9 Å². The Morgan fingerprint density at radius 3 is 1.74 bits per heavy atom. The number of imide groups is 1. The topological polar surface area (TPSA) is 100 Å². The molecule has 0 bridgehead atoms. The van der Waals surface area contributed by atoms with Crippen molar-refractivity contribution in [1.29, 1.82) is 5.26 Å². The highest BCUT2D eigenvalue weighted by Crippen LogP contribution is 2.26. The number of hydrogen-bond acceptors (Lipinski definition) is 5. The molecule has 0 saturated carbocycles. The highest BCUT2D eigenvalue weighted by Gasteiger charge is 2.19. The molecule has 0 fully saturated rings. The van der Waals surface area contributed by atoms with Crippen molar-refractivity contribution >= 4 is 11.9 Å². The van der Waals surface area contributed by atoms with Gasteiger partial charge in [0, 0.05) is 5.56 Å². The summed E-state index contributed by atoms with van der Waals surface area (Å²) in [7, 11) is 0. The number of nitrogens with zero attached hydrogens (tertiary/aromatic N) is 1. The van der Waals surface area contributed by atoms with Gasteiger partial charge in [-0.2, -0.15) is 5.26 Å². The zero-order valence-electron chi connectivity index (χ0n) is 23.3. The highest BCUT2D eigenvalue weighted by atomic mass is 16.5. The SMILES string of the molecule is CC(C)(C)c1ccc(OC/C(NC(=O)NC(=O)c2ccccc2)=C(\C#N)Oc2ccc(C(C)(C)C)cc2)cc1. The Morgan fingerprint density at radius 1 is 0.744 bits per heavy atom. The van der Waals surface area contributed by atoms with Gasteiger partial charge in [0.2, 0.25) is 5.76 Å². The summed E-state index contributed by atoms with van der Waals surface area (Å²) in [6.07, 6.45) is 0. The van der Waals surface area contributed by atoms with Gasteiger partial charge >= 0.3 is 6.03 Å². The van der Waals surface area contributed by atoms with Crippen LogP contribution < -0.4 is 20.1 Å². The van der Waals surface area contributed by atoms with Gasteiger partial charge in [0.25, 0.3) is 5.91 Å². The number of allylic oxidation sites excluding steroid dienone is 1. The lowest BCUT2D eigenvalue weighted by atomic mass is 9.87. The molecule has 0 saturated heterocycles. The standard InChI is InChI=1S/C32H35N3O4/c1-31(2,3)23-12-16-25(17-13-23)38-21-27(34-30(37)35-29(36)22-10-8-7-9-11-22)28(20-33)39-26-18-14-24(15-19-26)32(4,5)6/h7-19H,21H2,1-6H3,(H2,34,35,36,37)/b28-27-.